The number of carboxylic acids is 1. The number of ether oxygens (including phenoxy) is 1. The van der Waals surface area contributed by atoms with Crippen LogP contribution in [0.4, 0.5) is 0 Å². The van der Waals surface area contributed by atoms with Gasteiger partial charge in [0.2, 0.25) is 5.91 Å². The van der Waals surface area contributed by atoms with Crippen molar-refractivity contribution in [3.05, 3.63) is 90.0 Å². The van der Waals surface area contributed by atoms with E-state index in [1.807, 2.05) is 78.9 Å². The van der Waals surface area contributed by atoms with Crippen molar-refractivity contribution in [3.63, 3.8) is 0 Å². The quantitative estimate of drug-likeness (QED) is 0.616. The molecule has 5 heteroatoms. The number of para-hydroxylation sites is 1. The number of carboxylic acid groups (broad SMARTS) is 1. The number of carbonyl (C=O) groups is 2. The molecule has 5 nitrogen and oxygen atoms in total. The van der Waals surface area contributed by atoms with Crippen LogP contribution in [0.15, 0.2) is 78.9 Å². The Morgan fingerprint density at radius 3 is 2.21 bits per heavy atom. The van der Waals surface area contributed by atoms with E-state index in [1.165, 1.54) is 0 Å². The molecular formula is C24H23NO4. The lowest BCUT2D eigenvalue weighted by Gasteiger charge is -2.15. The minimum atomic E-state index is -1.06. The van der Waals surface area contributed by atoms with Crippen LogP contribution in [-0.2, 0) is 22.4 Å². The number of hydrogen-bond donors (Lipinski definition) is 2. The van der Waals surface area contributed by atoms with E-state index in [1.54, 1.807) is 7.11 Å². The predicted molar refractivity (Wildman–Crippen MR) is 112 cm³/mol. The van der Waals surface area contributed by atoms with Crippen molar-refractivity contribution in [1.82, 2.24) is 5.32 Å². The summed E-state index contributed by atoms with van der Waals surface area (Å²) in [5, 5.41) is 12.1. The fraction of sp³-hybridized carbons (Fsp3) is 0.167. The van der Waals surface area contributed by atoms with Gasteiger partial charge in [-0.05, 0) is 22.8 Å². The molecule has 3 rings (SSSR count). The lowest BCUT2D eigenvalue weighted by atomic mass is 10.00. The Balaban J connectivity index is 1.67. The maximum absolute atomic E-state index is 12.2. The monoisotopic (exact) mass is 389 g/mol. The van der Waals surface area contributed by atoms with Crippen LogP contribution in [0.5, 0.6) is 5.75 Å². The summed E-state index contributed by atoms with van der Waals surface area (Å²) in [4.78, 5) is 23.9. The van der Waals surface area contributed by atoms with Crippen LogP contribution in [0.25, 0.3) is 11.1 Å². The van der Waals surface area contributed by atoms with Gasteiger partial charge in [0.15, 0.2) is 0 Å². The zero-order chi connectivity index (χ0) is 20.6. The zero-order valence-electron chi connectivity index (χ0n) is 16.2. The van der Waals surface area contributed by atoms with Gasteiger partial charge in [0, 0.05) is 12.0 Å². The molecule has 3 aromatic carbocycles. The van der Waals surface area contributed by atoms with Crippen molar-refractivity contribution in [2.45, 2.75) is 18.9 Å². The van der Waals surface area contributed by atoms with Crippen LogP contribution in [0.3, 0.4) is 0 Å². The molecule has 0 aliphatic rings. The van der Waals surface area contributed by atoms with Crippen molar-refractivity contribution in [2.24, 2.45) is 0 Å². The average Bonchev–Trinajstić information content (AvgIpc) is 2.74. The Morgan fingerprint density at radius 1 is 0.897 bits per heavy atom. The normalized spacial score (nSPS) is 11.5. The summed E-state index contributed by atoms with van der Waals surface area (Å²) < 4.78 is 5.39. The molecule has 0 aromatic heterocycles. The number of carbonyl (C=O) groups excluding carboxylic acids is 1. The molecule has 0 bridgehead atoms. The third-order valence-electron chi connectivity index (χ3n) is 4.65. The molecule has 0 fully saturated rings. The first-order valence-electron chi connectivity index (χ1n) is 9.35. The first-order chi connectivity index (χ1) is 14.1. The van der Waals surface area contributed by atoms with E-state index in [0.29, 0.717) is 0 Å². The Labute approximate surface area is 170 Å². The summed E-state index contributed by atoms with van der Waals surface area (Å²) in [5.41, 5.74) is 3.62. The second kappa shape index (κ2) is 9.55. The summed E-state index contributed by atoms with van der Waals surface area (Å²) >= 11 is 0. The van der Waals surface area contributed by atoms with Gasteiger partial charge in [0.1, 0.15) is 11.8 Å². The molecule has 1 atom stereocenters. The molecule has 0 aliphatic carbocycles. The van der Waals surface area contributed by atoms with E-state index in [0.717, 1.165) is 28.0 Å². The van der Waals surface area contributed by atoms with Gasteiger partial charge in [-0.15, -0.1) is 0 Å². The van der Waals surface area contributed by atoms with Crippen LogP contribution in [0.2, 0.25) is 0 Å². The molecule has 3 aromatic rings. The highest BCUT2D eigenvalue weighted by atomic mass is 16.5. The number of rotatable bonds is 8. The Kier molecular flexibility index (Phi) is 6.63. The molecule has 148 valence electrons. The summed E-state index contributed by atoms with van der Waals surface area (Å²) in [6.45, 7) is 0. The van der Waals surface area contributed by atoms with Crippen molar-refractivity contribution in [2.75, 3.05) is 7.11 Å². The predicted octanol–water partition coefficient (Wildman–Crippen LogP) is 3.72. The third-order valence-corrected chi connectivity index (χ3v) is 4.65. The van der Waals surface area contributed by atoms with Crippen LogP contribution >= 0.6 is 0 Å². The highest BCUT2D eigenvalue weighted by molar-refractivity contribution is 5.85. The molecule has 0 saturated carbocycles. The fourth-order valence-electron chi connectivity index (χ4n) is 3.17. The van der Waals surface area contributed by atoms with Gasteiger partial charge in [-0.3, -0.25) is 4.79 Å². The van der Waals surface area contributed by atoms with E-state index in [-0.39, 0.29) is 18.7 Å². The maximum atomic E-state index is 12.2. The standard InChI is InChI=1S/C24H23NO4/c1-29-22-10-6-5-9-20(22)19-13-11-18(12-14-19)15-21(24(27)28)25-23(26)16-17-7-3-2-4-8-17/h2-14,21H,15-16H2,1H3,(H,25,26)(H,27,28)/t21-/m0/s1. The van der Waals surface area contributed by atoms with Gasteiger partial charge in [-0.2, -0.15) is 0 Å². The summed E-state index contributed by atoms with van der Waals surface area (Å²) in [6.07, 6.45) is 0.361. The van der Waals surface area contributed by atoms with Gasteiger partial charge >= 0.3 is 5.97 Å². The number of aliphatic carboxylic acids is 1. The van der Waals surface area contributed by atoms with E-state index in [2.05, 4.69) is 5.32 Å². The number of hydrogen-bond acceptors (Lipinski definition) is 3. The van der Waals surface area contributed by atoms with Crippen LogP contribution in [-0.4, -0.2) is 30.1 Å². The van der Waals surface area contributed by atoms with Gasteiger partial charge < -0.3 is 15.2 Å². The first-order valence-corrected chi connectivity index (χ1v) is 9.35. The van der Waals surface area contributed by atoms with Gasteiger partial charge in [0.25, 0.3) is 0 Å². The molecule has 0 spiro atoms. The zero-order valence-corrected chi connectivity index (χ0v) is 16.2. The van der Waals surface area contributed by atoms with Gasteiger partial charge in [0.05, 0.1) is 13.5 Å². The molecule has 0 aliphatic heterocycles. The highest BCUT2D eigenvalue weighted by Crippen LogP contribution is 2.29. The molecule has 0 saturated heterocycles. The second-order valence-corrected chi connectivity index (χ2v) is 6.72. The Morgan fingerprint density at radius 2 is 1.55 bits per heavy atom. The topological polar surface area (TPSA) is 75.6 Å². The Hall–Kier alpha value is -3.60. The van der Waals surface area contributed by atoms with Crippen molar-refractivity contribution >= 4 is 11.9 Å². The molecular weight excluding hydrogens is 366 g/mol. The molecule has 0 radical (unpaired) electrons. The SMILES string of the molecule is COc1ccccc1-c1ccc(C[C@H](NC(=O)Cc2ccccc2)C(=O)O)cc1. The largest absolute Gasteiger partial charge is 0.496 e. The third kappa shape index (κ3) is 5.45. The number of methoxy groups -OCH3 is 1. The molecule has 29 heavy (non-hydrogen) atoms. The van der Waals surface area contributed by atoms with Gasteiger partial charge in [-0.25, -0.2) is 4.79 Å². The second-order valence-electron chi connectivity index (χ2n) is 6.72. The summed E-state index contributed by atoms with van der Waals surface area (Å²) in [6, 6.07) is 23.6. The van der Waals surface area contributed by atoms with Crippen LogP contribution in [0, 0.1) is 0 Å². The van der Waals surface area contributed by atoms with E-state index >= 15 is 0 Å². The molecule has 0 heterocycles. The molecule has 0 unspecified atom stereocenters. The number of amides is 1. The van der Waals surface area contributed by atoms with E-state index < -0.39 is 12.0 Å². The van der Waals surface area contributed by atoms with Crippen molar-refractivity contribution in [3.8, 4) is 16.9 Å². The summed E-state index contributed by atoms with van der Waals surface area (Å²) in [5.74, 6) is -0.591. The smallest absolute Gasteiger partial charge is 0.326 e. The maximum Gasteiger partial charge on any atom is 0.326 e. The minimum absolute atomic E-state index is 0.150. The van der Waals surface area contributed by atoms with Crippen LogP contribution in [0.1, 0.15) is 11.1 Å². The number of benzene rings is 3. The highest BCUT2D eigenvalue weighted by Gasteiger charge is 2.20. The lowest BCUT2D eigenvalue weighted by molar-refractivity contribution is -0.141. The minimum Gasteiger partial charge on any atom is -0.496 e. The lowest BCUT2D eigenvalue weighted by Crippen LogP contribution is -2.43. The van der Waals surface area contributed by atoms with Crippen molar-refractivity contribution in [1.29, 1.82) is 0 Å². The van der Waals surface area contributed by atoms with E-state index in [4.69, 9.17) is 4.74 Å². The summed E-state index contributed by atoms with van der Waals surface area (Å²) in [7, 11) is 1.63. The van der Waals surface area contributed by atoms with Crippen LogP contribution < -0.4 is 10.1 Å². The van der Waals surface area contributed by atoms with Gasteiger partial charge in [-0.1, -0.05) is 72.8 Å². The Bertz CT molecular complexity index is 968. The van der Waals surface area contributed by atoms with Crippen molar-refractivity contribution < 1.29 is 19.4 Å². The fourth-order valence-corrected chi connectivity index (χ4v) is 3.17. The average molecular weight is 389 g/mol. The van der Waals surface area contributed by atoms with E-state index in [9.17, 15) is 14.7 Å². The molecule has 1 amide bonds. The number of nitrogens with one attached hydrogen (secondary N) is 1. The molecule has 2 N–H and O–H groups in total. The first kappa shape index (κ1) is 20.1.